The Kier molecular flexibility index (Phi) is 3.90. The first-order chi connectivity index (χ1) is 8.56. The maximum atomic E-state index is 12.2. The first-order valence-electron chi connectivity index (χ1n) is 6.77. The van der Waals surface area contributed by atoms with E-state index in [1.165, 1.54) is 12.8 Å². The number of likely N-dealkylation sites (tertiary alicyclic amines) is 1. The zero-order valence-electron chi connectivity index (χ0n) is 11.0. The molecule has 1 N–H and O–H groups in total. The molecule has 0 atom stereocenters. The van der Waals surface area contributed by atoms with Crippen molar-refractivity contribution in [1.29, 1.82) is 0 Å². The van der Waals surface area contributed by atoms with Crippen LogP contribution in [0.1, 0.15) is 32.1 Å². The largest absolute Gasteiger partial charge is 0.480 e. The van der Waals surface area contributed by atoms with Gasteiger partial charge in [-0.15, -0.1) is 0 Å². The molecule has 0 radical (unpaired) electrons. The van der Waals surface area contributed by atoms with Gasteiger partial charge in [0.15, 0.2) is 0 Å². The van der Waals surface area contributed by atoms with Gasteiger partial charge in [-0.1, -0.05) is 6.42 Å². The van der Waals surface area contributed by atoms with Gasteiger partial charge in [-0.3, -0.25) is 9.59 Å². The van der Waals surface area contributed by atoms with Gasteiger partial charge in [0.1, 0.15) is 5.41 Å². The number of aliphatic carboxylic acids is 1. The van der Waals surface area contributed by atoms with Crippen LogP contribution in [0.2, 0.25) is 0 Å². The molecular weight excluding hydrogens is 232 g/mol. The van der Waals surface area contributed by atoms with E-state index in [0.717, 1.165) is 26.1 Å². The molecular formula is C13H22N2O3. The Morgan fingerprint density at radius 1 is 1.22 bits per heavy atom. The molecule has 18 heavy (non-hydrogen) atoms. The van der Waals surface area contributed by atoms with E-state index in [1.54, 1.807) is 11.9 Å². The minimum Gasteiger partial charge on any atom is -0.480 e. The van der Waals surface area contributed by atoms with Crippen molar-refractivity contribution in [2.75, 3.05) is 33.2 Å². The van der Waals surface area contributed by atoms with Crippen LogP contribution in [-0.4, -0.2) is 60.0 Å². The first-order valence-corrected chi connectivity index (χ1v) is 6.77. The molecule has 5 heteroatoms. The second-order valence-corrected chi connectivity index (χ2v) is 5.52. The fourth-order valence-corrected chi connectivity index (χ4v) is 2.81. The molecule has 102 valence electrons. The molecule has 0 aromatic heterocycles. The summed E-state index contributed by atoms with van der Waals surface area (Å²) in [5, 5.41) is 9.22. The number of hydrogen-bond donors (Lipinski definition) is 1. The Morgan fingerprint density at radius 2 is 1.83 bits per heavy atom. The van der Waals surface area contributed by atoms with Crippen molar-refractivity contribution in [2.24, 2.45) is 5.41 Å². The van der Waals surface area contributed by atoms with Gasteiger partial charge >= 0.3 is 5.97 Å². The predicted molar refractivity (Wildman–Crippen MR) is 67.2 cm³/mol. The molecule has 1 heterocycles. The number of likely N-dealkylation sites (N-methyl/N-ethyl adjacent to an activating group) is 1. The molecule has 1 saturated carbocycles. The number of carboxylic acid groups (broad SMARTS) is 1. The Balaban J connectivity index is 1.85. The monoisotopic (exact) mass is 254 g/mol. The van der Waals surface area contributed by atoms with Gasteiger partial charge < -0.3 is 14.9 Å². The van der Waals surface area contributed by atoms with Crippen LogP contribution in [-0.2, 0) is 9.59 Å². The van der Waals surface area contributed by atoms with E-state index in [0.29, 0.717) is 19.4 Å². The number of amides is 1. The zero-order valence-corrected chi connectivity index (χ0v) is 11.0. The van der Waals surface area contributed by atoms with E-state index in [4.69, 9.17) is 0 Å². The van der Waals surface area contributed by atoms with Gasteiger partial charge in [0.2, 0.25) is 5.91 Å². The van der Waals surface area contributed by atoms with Crippen molar-refractivity contribution in [3.63, 3.8) is 0 Å². The van der Waals surface area contributed by atoms with Crippen molar-refractivity contribution < 1.29 is 14.7 Å². The summed E-state index contributed by atoms with van der Waals surface area (Å²) in [6.45, 7) is 3.70. The molecule has 0 aromatic rings. The molecule has 1 amide bonds. The second kappa shape index (κ2) is 5.26. The first kappa shape index (κ1) is 13.3. The van der Waals surface area contributed by atoms with Gasteiger partial charge in [-0.2, -0.15) is 0 Å². The van der Waals surface area contributed by atoms with Crippen LogP contribution < -0.4 is 0 Å². The van der Waals surface area contributed by atoms with E-state index in [1.807, 2.05) is 0 Å². The highest BCUT2D eigenvalue weighted by Crippen LogP contribution is 2.42. The predicted octanol–water partition coefficient (Wildman–Crippen LogP) is 0.795. The van der Waals surface area contributed by atoms with Gasteiger partial charge in [0.25, 0.3) is 0 Å². The number of carbonyl (C=O) groups excluding carboxylic acids is 1. The average molecular weight is 254 g/mol. The van der Waals surface area contributed by atoms with Crippen molar-refractivity contribution in [3.8, 4) is 0 Å². The summed E-state index contributed by atoms with van der Waals surface area (Å²) in [6.07, 6.45) is 4.30. The number of nitrogens with zero attached hydrogens (tertiary/aromatic N) is 2. The standard InChI is InChI=1S/C13H22N2O3/c1-14(9-10-15-7-2-3-8-15)11(16)13(12(17)18)5-4-6-13/h2-10H2,1H3,(H,17,18). The van der Waals surface area contributed by atoms with Crippen LogP contribution in [0.15, 0.2) is 0 Å². The molecule has 0 spiro atoms. The van der Waals surface area contributed by atoms with Crippen LogP contribution in [0.4, 0.5) is 0 Å². The summed E-state index contributed by atoms with van der Waals surface area (Å²) < 4.78 is 0. The maximum Gasteiger partial charge on any atom is 0.319 e. The summed E-state index contributed by atoms with van der Waals surface area (Å²) in [6, 6.07) is 0. The van der Waals surface area contributed by atoms with E-state index in [-0.39, 0.29) is 5.91 Å². The molecule has 0 aromatic carbocycles. The third-order valence-electron chi connectivity index (χ3n) is 4.32. The number of carbonyl (C=O) groups is 2. The Bertz CT molecular complexity index is 333. The minimum atomic E-state index is -1.11. The molecule has 2 aliphatic rings. The third-order valence-corrected chi connectivity index (χ3v) is 4.32. The Labute approximate surface area is 108 Å². The number of rotatable bonds is 5. The normalized spacial score (nSPS) is 22.5. The smallest absolute Gasteiger partial charge is 0.319 e. The van der Waals surface area contributed by atoms with Gasteiger partial charge in [-0.05, 0) is 38.8 Å². The van der Waals surface area contributed by atoms with E-state index in [9.17, 15) is 14.7 Å². The maximum absolute atomic E-state index is 12.2. The molecule has 2 fully saturated rings. The summed E-state index contributed by atoms with van der Waals surface area (Å²) in [4.78, 5) is 27.4. The van der Waals surface area contributed by atoms with Crippen LogP contribution in [0, 0.1) is 5.41 Å². The molecule has 1 saturated heterocycles. The Morgan fingerprint density at radius 3 is 2.28 bits per heavy atom. The lowest BCUT2D eigenvalue weighted by Gasteiger charge is -2.39. The zero-order chi connectivity index (χ0) is 13.2. The molecule has 2 rings (SSSR count). The number of hydrogen-bond acceptors (Lipinski definition) is 3. The lowest BCUT2D eigenvalue weighted by Crippen LogP contribution is -2.52. The highest BCUT2D eigenvalue weighted by atomic mass is 16.4. The highest BCUT2D eigenvalue weighted by molar-refractivity contribution is 6.02. The molecule has 1 aliphatic carbocycles. The fourth-order valence-electron chi connectivity index (χ4n) is 2.81. The van der Waals surface area contributed by atoms with Gasteiger partial charge in [-0.25, -0.2) is 0 Å². The van der Waals surface area contributed by atoms with E-state index in [2.05, 4.69) is 4.90 Å². The van der Waals surface area contributed by atoms with Gasteiger partial charge in [0, 0.05) is 20.1 Å². The van der Waals surface area contributed by atoms with Crippen LogP contribution in [0.3, 0.4) is 0 Å². The van der Waals surface area contributed by atoms with Crippen molar-refractivity contribution in [2.45, 2.75) is 32.1 Å². The second-order valence-electron chi connectivity index (χ2n) is 5.52. The van der Waals surface area contributed by atoms with Crippen LogP contribution in [0.5, 0.6) is 0 Å². The SMILES string of the molecule is CN(CCN1CCCC1)C(=O)C1(C(=O)O)CCC1. The van der Waals surface area contributed by atoms with E-state index < -0.39 is 11.4 Å². The quantitative estimate of drug-likeness (QED) is 0.737. The van der Waals surface area contributed by atoms with E-state index >= 15 is 0 Å². The lowest BCUT2D eigenvalue weighted by molar-refractivity contribution is -0.166. The molecule has 0 unspecified atom stereocenters. The van der Waals surface area contributed by atoms with Crippen molar-refractivity contribution in [1.82, 2.24) is 9.80 Å². The van der Waals surface area contributed by atoms with Crippen molar-refractivity contribution >= 4 is 11.9 Å². The highest BCUT2D eigenvalue weighted by Gasteiger charge is 2.52. The minimum absolute atomic E-state index is 0.208. The lowest BCUT2D eigenvalue weighted by atomic mass is 9.68. The van der Waals surface area contributed by atoms with Crippen LogP contribution in [0.25, 0.3) is 0 Å². The summed E-state index contributed by atoms with van der Waals surface area (Å²) >= 11 is 0. The molecule has 5 nitrogen and oxygen atoms in total. The Hall–Kier alpha value is -1.10. The summed E-state index contributed by atoms with van der Waals surface area (Å²) in [5.74, 6) is -1.16. The summed E-state index contributed by atoms with van der Waals surface area (Å²) in [7, 11) is 1.72. The van der Waals surface area contributed by atoms with Crippen LogP contribution >= 0.6 is 0 Å². The third kappa shape index (κ3) is 2.36. The van der Waals surface area contributed by atoms with Crippen molar-refractivity contribution in [3.05, 3.63) is 0 Å². The topological polar surface area (TPSA) is 60.9 Å². The average Bonchev–Trinajstić information content (AvgIpc) is 2.76. The molecule has 0 bridgehead atoms. The summed E-state index contributed by atoms with van der Waals surface area (Å²) in [5.41, 5.74) is -1.11. The van der Waals surface area contributed by atoms with Gasteiger partial charge in [0.05, 0.1) is 0 Å². The molecule has 1 aliphatic heterocycles. The number of carboxylic acids is 1. The fraction of sp³-hybridized carbons (Fsp3) is 0.846.